The van der Waals surface area contributed by atoms with Crippen molar-refractivity contribution in [1.82, 2.24) is 5.32 Å². The summed E-state index contributed by atoms with van der Waals surface area (Å²) in [5.41, 5.74) is 1.87. The average molecular weight is 397 g/mol. The number of rotatable bonds is 6. The Morgan fingerprint density at radius 2 is 1.76 bits per heavy atom. The molecule has 3 unspecified atom stereocenters. The van der Waals surface area contributed by atoms with Crippen LogP contribution in [-0.4, -0.2) is 31.2 Å². The highest BCUT2D eigenvalue weighted by atomic mass is 19.1. The van der Waals surface area contributed by atoms with E-state index < -0.39 is 0 Å². The number of carbonyl (C=O) groups is 2. The molecule has 3 N–H and O–H groups in total. The van der Waals surface area contributed by atoms with Gasteiger partial charge in [0.25, 0.3) is 0 Å². The van der Waals surface area contributed by atoms with Crippen LogP contribution in [0.5, 0.6) is 0 Å². The van der Waals surface area contributed by atoms with Crippen LogP contribution in [-0.2, 0) is 9.53 Å². The normalized spacial score (nSPS) is 22.7. The lowest BCUT2D eigenvalue weighted by Gasteiger charge is -2.12. The first-order valence-corrected chi connectivity index (χ1v) is 9.92. The second kappa shape index (κ2) is 8.61. The lowest BCUT2D eigenvalue weighted by molar-refractivity contribution is -0.117. The number of anilines is 2. The fraction of sp³-hybridized carbons (Fsp3) is 0.364. The summed E-state index contributed by atoms with van der Waals surface area (Å²) in [7, 11) is 0. The number of hydrogen-bond acceptors (Lipinski definition) is 3. The summed E-state index contributed by atoms with van der Waals surface area (Å²) in [4.78, 5) is 24.4. The third kappa shape index (κ3) is 4.92. The zero-order chi connectivity index (χ0) is 20.2. The molecular weight excluding hydrogens is 373 g/mol. The minimum Gasteiger partial charge on any atom is -0.376 e. The maximum absolute atomic E-state index is 13.9. The maximum Gasteiger partial charge on any atom is 0.319 e. The molecule has 1 aliphatic heterocycles. The van der Waals surface area contributed by atoms with Crippen molar-refractivity contribution in [3.05, 3.63) is 59.9 Å². The molecule has 6 nitrogen and oxygen atoms in total. The molecular formula is C22H24FN3O3. The summed E-state index contributed by atoms with van der Waals surface area (Å²) >= 11 is 0. The minimum atomic E-state index is -0.289. The molecule has 0 aromatic heterocycles. The van der Waals surface area contributed by atoms with Gasteiger partial charge in [0, 0.05) is 30.4 Å². The fourth-order valence-corrected chi connectivity index (χ4v) is 3.66. The number of nitrogens with one attached hydrogen (secondary N) is 3. The van der Waals surface area contributed by atoms with Crippen molar-refractivity contribution >= 4 is 23.3 Å². The van der Waals surface area contributed by atoms with Gasteiger partial charge in [0.2, 0.25) is 5.91 Å². The van der Waals surface area contributed by atoms with Gasteiger partial charge < -0.3 is 20.7 Å². The molecule has 7 heteroatoms. The maximum atomic E-state index is 13.9. The lowest BCUT2D eigenvalue weighted by Crippen LogP contribution is -2.35. The molecule has 1 saturated heterocycles. The predicted molar refractivity (Wildman–Crippen MR) is 108 cm³/mol. The van der Waals surface area contributed by atoms with Crippen molar-refractivity contribution in [3.63, 3.8) is 0 Å². The van der Waals surface area contributed by atoms with Gasteiger partial charge in [-0.05, 0) is 61.1 Å². The van der Waals surface area contributed by atoms with Crippen LogP contribution in [0.4, 0.5) is 20.6 Å². The lowest BCUT2D eigenvalue weighted by atomic mass is 10.1. The van der Waals surface area contributed by atoms with Crippen LogP contribution in [0.15, 0.2) is 48.5 Å². The molecule has 0 bridgehead atoms. The zero-order valence-corrected chi connectivity index (χ0v) is 16.0. The van der Waals surface area contributed by atoms with Crippen molar-refractivity contribution < 1.29 is 18.7 Å². The summed E-state index contributed by atoms with van der Waals surface area (Å²) < 4.78 is 19.3. The van der Waals surface area contributed by atoms with Gasteiger partial charge >= 0.3 is 6.03 Å². The third-order valence-electron chi connectivity index (χ3n) is 5.36. The molecule has 3 atom stereocenters. The first-order valence-electron chi connectivity index (χ1n) is 9.92. The first-order chi connectivity index (χ1) is 14.1. The zero-order valence-electron chi connectivity index (χ0n) is 16.0. The number of benzene rings is 2. The Bertz CT molecular complexity index is 881. The Morgan fingerprint density at radius 3 is 2.45 bits per heavy atom. The van der Waals surface area contributed by atoms with Gasteiger partial charge in [-0.3, -0.25) is 4.79 Å². The van der Waals surface area contributed by atoms with Crippen LogP contribution >= 0.6 is 0 Å². The summed E-state index contributed by atoms with van der Waals surface area (Å²) in [6, 6.07) is 13.2. The fourth-order valence-electron chi connectivity index (χ4n) is 3.66. The topological polar surface area (TPSA) is 79.5 Å². The third-order valence-corrected chi connectivity index (χ3v) is 5.36. The summed E-state index contributed by atoms with van der Waals surface area (Å²) in [5.74, 6) is -0.660. The molecule has 1 aliphatic carbocycles. The quantitative estimate of drug-likeness (QED) is 0.692. The van der Waals surface area contributed by atoms with Crippen molar-refractivity contribution in [1.29, 1.82) is 0 Å². The molecule has 0 spiro atoms. The van der Waals surface area contributed by atoms with E-state index in [0.29, 0.717) is 29.9 Å². The average Bonchev–Trinajstić information content (AvgIpc) is 3.34. The Hall–Kier alpha value is -2.93. The summed E-state index contributed by atoms with van der Waals surface area (Å²) in [5, 5.41) is 8.41. The Balaban J connectivity index is 1.24. The van der Waals surface area contributed by atoms with Gasteiger partial charge in [-0.25, -0.2) is 9.18 Å². The van der Waals surface area contributed by atoms with E-state index in [2.05, 4.69) is 16.0 Å². The minimum absolute atomic E-state index is 0.0651. The molecule has 3 amide bonds. The molecule has 2 aromatic rings. The van der Waals surface area contributed by atoms with Gasteiger partial charge in [-0.1, -0.05) is 18.2 Å². The summed E-state index contributed by atoms with van der Waals surface area (Å²) in [6.07, 6.45) is 2.74. The van der Waals surface area contributed by atoms with Gasteiger partial charge in [0.15, 0.2) is 0 Å². The van der Waals surface area contributed by atoms with Crippen molar-refractivity contribution in [3.8, 4) is 0 Å². The Kier molecular flexibility index (Phi) is 5.76. The van der Waals surface area contributed by atoms with E-state index in [1.54, 1.807) is 42.5 Å². The molecule has 2 aromatic carbocycles. The van der Waals surface area contributed by atoms with E-state index in [4.69, 9.17) is 4.74 Å². The summed E-state index contributed by atoms with van der Waals surface area (Å²) in [6.45, 7) is 1.24. The Morgan fingerprint density at radius 1 is 1.03 bits per heavy atom. The van der Waals surface area contributed by atoms with E-state index in [-0.39, 0.29) is 35.7 Å². The second-order valence-electron chi connectivity index (χ2n) is 7.51. The number of ether oxygens (including phenoxy) is 1. The van der Waals surface area contributed by atoms with E-state index in [9.17, 15) is 14.0 Å². The van der Waals surface area contributed by atoms with Crippen molar-refractivity contribution in [2.45, 2.75) is 31.3 Å². The monoisotopic (exact) mass is 397 g/mol. The predicted octanol–water partition coefficient (Wildman–Crippen LogP) is 3.87. The van der Waals surface area contributed by atoms with Crippen LogP contribution < -0.4 is 16.0 Å². The van der Waals surface area contributed by atoms with Crippen molar-refractivity contribution in [2.75, 3.05) is 23.8 Å². The molecule has 1 saturated carbocycles. The first kappa shape index (κ1) is 19.4. The Labute approximate surface area is 168 Å². The smallest absolute Gasteiger partial charge is 0.319 e. The molecule has 1 heterocycles. The number of halogens is 1. The molecule has 4 rings (SSSR count). The molecule has 29 heavy (non-hydrogen) atoms. The van der Waals surface area contributed by atoms with E-state index in [1.807, 2.05) is 0 Å². The van der Waals surface area contributed by atoms with Crippen LogP contribution in [0.1, 0.15) is 30.7 Å². The number of amides is 3. The van der Waals surface area contributed by atoms with E-state index in [0.717, 1.165) is 19.4 Å². The van der Waals surface area contributed by atoms with Crippen LogP contribution in [0.3, 0.4) is 0 Å². The van der Waals surface area contributed by atoms with Crippen LogP contribution in [0.2, 0.25) is 0 Å². The molecule has 2 fully saturated rings. The van der Waals surface area contributed by atoms with Crippen molar-refractivity contribution in [2.24, 2.45) is 5.92 Å². The van der Waals surface area contributed by atoms with Crippen LogP contribution in [0.25, 0.3) is 0 Å². The largest absolute Gasteiger partial charge is 0.376 e. The highest BCUT2D eigenvalue weighted by Crippen LogP contribution is 2.48. The highest BCUT2D eigenvalue weighted by molar-refractivity contribution is 5.95. The number of carbonyl (C=O) groups excluding carboxylic acids is 2. The molecule has 152 valence electrons. The number of urea groups is 1. The van der Waals surface area contributed by atoms with Crippen LogP contribution in [0, 0.1) is 11.7 Å². The van der Waals surface area contributed by atoms with Gasteiger partial charge in [-0.15, -0.1) is 0 Å². The van der Waals surface area contributed by atoms with Gasteiger partial charge in [0.05, 0.1) is 6.10 Å². The highest BCUT2D eigenvalue weighted by Gasteiger charge is 2.45. The SMILES string of the molecule is O=C(NCC1CCCO1)Nc1ccc(NC(=O)C2CC2c2ccccc2F)cc1. The molecule has 0 radical (unpaired) electrons. The van der Waals surface area contributed by atoms with E-state index >= 15 is 0 Å². The molecule has 2 aliphatic rings. The van der Waals surface area contributed by atoms with E-state index in [1.165, 1.54) is 6.07 Å². The number of hydrogen-bond donors (Lipinski definition) is 3. The van der Waals surface area contributed by atoms with Gasteiger partial charge in [-0.2, -0.15) is 0 Å². The van der Waals surface area contributed by atoms with Gasteiger partial charge in [0.1, 0.15) is 5.82 Å². The second-order valence-corrected chi connectivity index (χ2v) is 7.51. The standard InChI is InChI=1S/C22H24FN3O3/c23-20-6-2-1-5-17(20)18-12-19(18)21(27)25-14-7-9-15(10-8-14)26-22(28)24-13-16-4-3-11-29-16/h1-2,5-10,16,18-19H,3-4,11-13H2,(H,25,27)(H2,24,26,28).